The van der Waals surface area contributed by atoms with Gasteiger partial charge in [-0.1, -0.05) is 0 Å². The first-order valence-electron chi connectivity index (χ1n) is 13.2. The van der Waals surface area contributed by atoms with E-state index in [9.17, 15) is 18.0 Å². The number of anilines is 1. The molecule has 0 bridgehead atoms. The lowest BCUT2D eigenvalue weighted by atomic mass is 9.88. The molecule has 4 aromatic heterocycles. The molecule has 0 aliphatic carbocycles. The number of methoxy groups -OCH3 is 1. The van der Waals surface area contributed by atoms with E-state index in [1.165, 1.54) is 10.9 Å². The highest BCUT2D eigenvalue weighted by molar-refractivity contribution is 6.13. The number of nitrogens with zero attached hydrogens (tertiary/aromatic N) is 7. The zero-order valence-electron chi connectivity index (χ0n) is 23.0. The lowest BCUT2D eigenvalue weighted by Gasteiger charge is -2.30. The molecule has 0 radical (unpaired) electrons. The summed E-state index contributed by atoms with van der Waals surface area (Å²) in [6.07, 6.45) is 4.05. The number of rotatable bonds is 6. The Morgan fingerprint density at radius 1 is 1.07 bits per heavy atom. The van der Waals surface area contributed by atoms with E-state index in [0.717, 1.165) is 11.2 Å². The number of ether oxygens (including phenoxy) is 1. The molecule has 0 saturated carbocycles. The molecule has 5 aromatic rings. The summed E-state index contributed by atoms with van der Waals surface area (Å²) in [4.78, 5) is 24.6. The fourth-order valence-electron chi connectivity index (χ4n) is 5.53. The van der Waals surface area contributed by atoms with Gasteiger partial charge in [-0.25, -0.2) is 9.97 Å². The van der Waals surface area contributed by atoms with Crippen molar-refractivity contribution in [3.63, 3.8) is 0 Å². The van der Waals surface area contributed by atoms with Crippen molar-refractivity contribution < 1.29 is 22.7 Å². The maximum absolute atomic E-state index is 14.2. The van der Waals surface area contributed by atoms with E-state index in [-0.39, 0.29) is 18.0 Å². The van der Waals surface area contributed by atoms with Gasteiger partial charge in [0.15, 0.2) is 5.69 Å². The monoisotopic (exact) mass is 563 g/mol. The summed E-state index contributed by atoms with van der Waals surface area (Å²) >= 11 is 0. The number of aromatic nitrogens is 6. The number of halogens is 3. The second kappa shape index (κ2) is 9.79. The molecular formula is C29H28F3N7O2. The highest BCUT2D eigenvalue weighted by Crippen LogP contribution is 2.41. The number of carbonyl (C=O) groups is 1. The number of hydrogen-bond donors (Lipinski definition) is 0. The Kier molecular flexibility index (Phi) is 6.35. The topological polar surface area (TPSA) is 83.0 Å². The Morgan fingerprint density at radius 3 is 2.54 bits per heavy atom. The van der Waals surface area contributed by atoms with Crippen molar-refractivity contribution >= 4 is 22.6 Å². The van der Waals surface area contributed by atoms with Crippen molar-refractivity contribution in [2.24, 2.45) is 7.05 Å². The number of pyridine rings is 1. The second-order valence-corrected chi connectivity index (χ2v) is 10.1. The predicted molar refractivity (Wildman–Crippen MR) is 147 cm³/mol. The normalized spacial score (nSPS) is 13.7. The van der Waals surface area contributed by atoms with Crippen molar-refractivity contribution in [3.05, 3.63) is 77.4 Å². The SMILES string of the molecule is CCn1cc(-c2cc(Cn3ccnc3C)cc3c2CCN(c2cn(C)c4ncc(OC)cc24)C3=O)c(C(F)(F)F)n1. The predicted octanol–water partition coefficient (Wildman–Crippen LogP) is 5.24. The molecule has 0 atom stereocenters. The number of imidazole rings is 1. The van der Waals surface area contributed by atoms with Crippen LogP contribution in [0.15, 0.2) is 49.2 Å². The van der Waals surface area contributed by atoms with Gasteiger partial charge in [0, 0.05) is 68.0 Å². The fraction of sp³-hybridized carbons (Fsp3) is 0.310. The maximum Gasteiger partial charge on any atom is 0.435 e. The smallest absolute Gasteiger partial charge is 0.435 e. The fourth-order valence-corrected chi connectivity index (χ4v) is 5.53. The summed E-state index contributed by atoms with van der Waals surface area (Å²) in [6.45, 7) is 4.50. The molecule has 1 aliphatic rings. The summed E-state index contributed by atoms with van der Waals surface area (Å²) < 4.78 is 52.9. The quantitative estimate of drug-likeness (QED) is 0.282. The molecule has 5 heterocycles. The third-order valence-corrected chi connectivity index (χ3v) is 7.59. The van der Waals surface area contributed by atoms with Gasteiger partial charge >= 0.3 is 6.18 Å². The first-order chi connectivity index (χ1) is 19.6. The van der Waals surface area contributed by atoms with Gasteiger partial charge in [-0.3, -0.25) is 9.48 Å². The van der Waals surface area contributed by atoms with Crippen molar-refractivity contribution in [3.8, 4) is 16.9 Å². The lowest BCUT2D eigenvalue weighted by molar-refractivity contribution is -0.141. The molecule has 0 fully saturated rings. The molecule has 0 spiro atoms. The van der Waals surface area contributed by atoms with Gasteiger partial charge in [-0.05, 0) is 55.2 Å². The first kappa shape index (κ1) is 26.6. The van der Waals surface area contributed by atoms with Crippen molar-refractivity contribution in [2.75, 3.05) is 18.6 Å². The number of alkyl halides is 3. The van der Waals surface area contributed by atoms with E-state index < -0.39 is 11.9 Å². The van der Waals surface area contributed by atoms with Gasteiger partial charge in [0.1, 0.15) is 17.2 Å². The van der Waals surface area contributed by atoms with E-state index >= 15 is 0 Å². The summed E-state index contributed by atoms with van der Waals surface area (Å²) in [7, 11) is 3.40. The largest absolute Gasteiger partial charge is 0.495 e. The lowest BCUT2D eigenvalue weighted by Crippen LogP contribution is -2.38. The molecule has 1 amide bonds. The van der Waals surface area contributed by atoms with Crippen LogP contribution < -0.4 is 9.64 Å². The summed E-state index contributed by atoms with van der Waals surface area (Å²) in [5.41, 5.74) is 2.37. The van der Waals surface area contributed by atoms with E-state index in [0.29, 0.717) is 58.8 Å². The molecule has 41 heavy (non-hydrogen) atoms. The van der Waals surface area contributed by atoms with E-state index in [1.807, 2.05) is 35.4 Å². The van der Waals surface area contributed by atoms with Crippen molar-refractivity contribution in [1.82, 2.24) is 28.9 Å². The standard InChI is InChI=1S/C29H28F3N7O2/c1-5-38-15-24(26(35-38)29(30,31)32)21-10-18(14-37-9-7-33-17(37)2)11-22-20(21)6-8-39(28(22)40)25-16-36(3)27-23(25)12-19(41-4)13-34-27/h7,9-13,15-16H,5-6,8,14H2,1-4H3. The second-order valence-electron chi connectivity index (χ2n) is 10.1. The highest BCUT2D eigenvalue weighted by atomic mass is 19.4. The molecule has 212 valence electrons. The third kappa shape index (κ3) is 4.52. The van der Waals surface area contributed by atoms with Gasteiger partial charge in [0.25, 0.3) is 5.91 Å². The third-order valence-electron chi connectivity index (χ3n) is 7.59. The van der Waals surface area contributed by atoms with Crippen LogP contribution in [0.1, 0.15) is 39.9 Å². The van der Waals surface area contributed by atoms with Crippen LogP contribution >= 0.6 is 0 Å². The van der Waals surface area contributed by atoms with Gasteiger partial charge in [0.05, 0.1) is 19.0 Å². The average Bonchev–Trinajstić information content (AvgIpc) is 3.66. The minimum Gasteiger partial charge on any atom is -0.495 e. The van der Waals surface area contributed by atoms with Crippen LogP contribution in [0.25, 0.3) is 22.2 Å². The molecule has 12 heteroatoms. The molecular weight excluding hydrogens is 535 g/mol. The number of hydrogen-bond acceptors (Lipinski definition) is 5. The number of benzene rings is 1. The Morgan fingerprint density at radius 2 is 1.85 bits per heavy atom. The molecule has 0 saturated heterocycles. The van der Waals surface area contributed by atoms with Crippen molar-refractivity contribution in [1.29, 1.82) is 0 Å². The number of aryl methyl sites for hydroxylation is 3. The van der Waals surface area contributed by atoms with Crippen LogP contribution in [0.2, 0.25) is 0 Å². The minimum atomic E-state index is -4.65. The molecule has 6 rings (SSSR count). The maximum atomic E-state index is 14.2. The van der Waals surface area contributed by atoms with E-state index in [4.69, 9.17) is 4.74 Å². The minimum absolute atomic E-state index is 0.0276. The van der Waals surface area contributed by atoms with Gasteiger partial charge in [-0.15, -0.1) is 0 Å². The zero-order valence-corrected chi connectivity index (χ0v) is 23.0. The first-order valence-corrected chi connectivity index (χ1v) is 13.2. The van der Waals surface area contributed by atoms with Crippen LogP contribution in [0.5, 0.6) is 5.75 Å². The van der Waals surface area contributed by atoms with Crippen LogP contribution in [-0.4, -0.2) is 48.4 Å². The number of fused-ring (bicyclic) bond motifs is 2. The van der Waals surface area contributed by atoms with Crippen LogP contribution in [0, 0.1) is 6.92 Å². The molecule has 0 unspecified atom stereocenters. The summed E-state index contributed by atoms with van der Waals surface area (Å²) in [6, 6.07) is 5.37. The molecule has 1 aliphatic heterocycles. The molecule has 0 N–H and O–H groups in total. The average molecular weight is 564 g/mol. The molecule has 1 aromatic carbocycles. The number of carbonyl (C=O) groups excluding carboxylic acids is 1. The van der Waals surface area contributed by atoms with Gasteiger partial charge in [0.2, 0.25) is 0 Å². The summed E-state index contributed by atoms with van der Waals surface area (Å²) in [5.74, 6) is 1.02. The van der Waals surface area contributed by atoms with Crippen LogP contribution in [-0.2, 0) is 32.7 Å². The Balaban J connectivity index is 1.53. The van der Waals surface area contributed by atoms with E-state index in [2.05, 4.69) is 15.1 Å². The van der Waals surface area contributed by atoms with Crippen LogP contribution in [0.3, 0.4) is 0 Å². The Bertz CT molecular complexity index is 1800. The highest BCUT2D eigenvalue weighted by Gasteiger charge is 2.39. The summed E-state index contributed by atoms with van der Waals surface area (Å²) in [5, 5.41) is 4.59. The van der Waals surface area contributed by atoms with Gasteiger partial charge in [-0.2, -0.15) is 18.3 Å². The number of amides is 1. The zero-order chi connectivity index (χ0) is 29.1. The van der Waals surface area contributed by atoms with E-state index in [1.54, 1.807) is 49.7 Å². The Labute approximate surface area is 233 Å². The van der Waals surface area contributed by atoms with Gasteiger partial charge < -0.3 is 18.8 Å². The molecule has 9 nitrogen and oxygen atoms in total. The van der Waals surface area contributed by atoms with Crippen molar-refractivity contribution in [2.45, 2.75) is 39.5 Å². The Hall–Kier alpha value is -4.61. The van der Waals surface area contributed by atoms with Crippen LogP contribution in [0.4, 0.5) is 18.9 Å².